The molecule has 0 aliphatic heterocycles. The third-order valence-electron chi connectivity index (χ3n) is 6.49. The Bertz CT molecular complexity index is 720. The highest BCUT2D eigenvalue weighted by Crippen LogP contribution is 2.60. The SMILES string of the molecule is C=COC1CC2CC1CC2(CC)c1ccccc1-c1ccccc1. The Morgan fingerprint density at radius 1 is 1.08 bits per heavy atom. The van der Waals surface area contributed by atoms with E-state index >= 15 is 0 Å². The lowest BCUT2D eigenvalue weighted by Gasteiger charge is -2.41. The van der Waals surface area contributed by atoms with Crippen LogP contribution in [0.1, 0.15) is 38.2 Å². The molecule has 0 spiro atoms. The lowest BCUT2D eigenvalue weighted by Crippen LogP contribution is -2.37. The smallest absolute Gasteiger partial charge is 0.101 e. The zero-order chi connectivity index (χ0) is 16.6. The lowest BCUT2D eigenvalue weighted by atomic mass is 9.64. The van der Waals surface area contributed by atoms with Crippen LogP contribution < -0.4 is 0 Å². The van der Waals surface area contributed by atoms with Crippen LogP contribution in [0.2, 0.25) is 0 Å². The first-order chi connectivity index (χ1) is 11.8. The van der Waals surface area contributed by atoms with Crippen LogP contribution in [0.4, 0.5) is 0 Å². The molecule has 2 aliphatic carbocycles. The maximum Gasteiger partial charge on any atom is 0.101 e. The van der Waals surface area contributed by atoms with E-state index in [0.717, 1.165) is 5.92 Å². The van der Waals surface area contributed by atoms with Gasteiger partial charge in [0.25, 0.3) is 0 Å². The van der Waals surface area contributed by atoms with E-state index < -0.39 is 0 Å². The van der Waals surface area contributed by atoms with Crippen molar-refractivity contribution in [3.63, 3.8) is 0 Å². The summed E-state index contributed by atoms with van der Waals surface area (Å²) < 4.78 is 5.79. The third kappa shape index (κ3) is 2.30. The fourth-order valence-corrected chi connectivity index (χ4v) is 5.42. The fraction of sp³-hybridized carbons (Fsp3) is 0.391. The van der Waals surface area contributed by atoms with Crippen molar-refractivity contribution in [2.75, 3.05) is 0 Å². The van der Waals surface area contributed by atoms with E-state index in [2.05, 4.69) is 68.1 Å². The van der Waals surface area contributed by atoms with E-state index in [-0.39, 0.29) is 0 Å². The summed E-state index contributed by atoms with van der Waals surface area (Å²) in [5.74, 6) is 1.40. The minimum Gasteiger partial charge on any atom is -0.498 e. The van der Waals surface area contributed by atoms with Crippen LogP contribution in [0.15, 0.2) is 67.4 Å². The highest BCUT2D eigenvalue weighted by Gasteiger charge is 2.55. The second kappa shape index (κ2) is 6.12. The summed E-state index contributed by atoms with van der Waals surface area (Å²) >= 11 is 0. The first kappa shape index (κ1) is 15.5. The molecule has 0 saturated heterocycles. The van der Waals surface area contributed by atoms with Crippen molar-refractivity contribution >= 4 is 0 Å². The van der Waals surface area contributed by atoms with E-state index in [9.17, 15) is 0 Å². The molecular formula is C23H26O. The van der Waals surface area contributed by atoms with Gasteiger partial charge in [0.2, 0.25) is 0 Å². The Labute approximate surface area is 145 Å². The summed E-state index contributed by atoms with van der Waals surface area (Å²) in [6.07, 6.45) is 6.95. The summed E-state index contributed by atoms with van der Waals surface area (Å²) in [4.78, 5) is 0. The molecule has 4 rings (SSSR count). The van der Waals surface area contributed by atoms with E-state index in [1.807, 2.05) is 0 Å². The van der Waals surface area contributed by atoms with Crippen molar-refractivity contribution in [2.45, 2.75) is 44.1 Å². The quantitative estimate of drug-likeness (QED) is 0.618. The molecule has 0 heterocycles. The van der Waals surface area contributed by atoms with E-state index in [1.165, 1.54) is 36.8 Å². The van der Waals surface area contributed by atoms with Crippen molar-refractivity contribution in [3.05, 3.63) is 73.0 Å². The predicted molar refractivity (Wildman–Crippen MR) is 99.7 cm³/mol. The number of benzene rings is 2. The molecule has 2 bridgehead atoms. The van der Waals surface area contributed by atoms with Gasteiger partial charge in [0.1, 0.15) is 6.10 Å². The lowest BCUT2D eigenvalue weighted by molar-refractivity contribution is 0.0653. The molecule has 0 radical (unpaired) electrons. The van der Waals surface area contributed by atoms with Crippen LogP contribution in [-0.2, 0) is 10.2 Å². The van der Waals surface area contributed by atoms with Crippen molar-refractivity contribution in [1.82, 2.24) is 0 Å². The van der Waals surface area contributed by atoms with Crippen molar-refractivity contribution in [3.8, 4) is 11.1 Å². The molecule has 2 aromatic rings. The molecule has 0 amide bonds. The Hall–Kier alpha value is -2.02. The van der Waals surface area contributed by atoms with Gasteiger partial charge in [-0.3, -0.25) is 0 Å². The topological polar surface area (TPSA) is 9.23 Å². The zero-order valence-corrected chi connectivity index (χ0v) is 14.4. The zero-order valence-electron chi connectivity index (χ0n) is 14.4. The maximum absolute atomic E-state index is 5.79. The van der Waals surface area contributed by atoms with Gasteiger partial charge < -0.3 is 4.74 Å². The summed E-state index contributed by atoms with van der Waals surface area (Å²) in [6.45, 7) is 6.12. The molecule has 4 atom stereocenters. The van der Waals surface area contributed by atoms with Gasteiger partial charge in [-0.15, -0.1) is 0 Å². The molecule has 2 fully saturated rings. The number of rotatable bonds is 5. The molecule has 1 heteroatoms. The highest BCUT2D eigenvalue weighted by atomic mass is 16.5. The van der Waals surface area contributed by atoms with E-state index in [0.29, 0.717) is 17.4 Å². The average Bonchev–Trinajstić information content (AvgIpc) is 3.21. The molecule has 0 N–H and O–H groups in total. The number of fused-ring (bicyclic) bond motifs is 2. The fourth-order valence-electron chi connectivity index (χ4n) is 5.42. The van der Waals surface area contributed by atoms with Crippen LogP contribution in [0, 0.1) is 11.8 Å². The van der Waals surface area contributed by atoms with Crippen LogP contribution in [0.3, 0.4) is 0 Å². The molecule has 24 heavy (non-hydrogen) atoms. The molecule has 4 unspecified atom stereocenters. The molecular weight excluding hydrogens is 292 g/mol. The summed E-state index contributed by atoms with van der Waals surface area (Å²) in [5.41, 5.74) is 4.59. The van der Waals surface area contributed by atoms with E-state index in [4.69, 9.17) is 4.74 Å². The molecule has 0 aromatic heterocycles. The Morgan fingerprint density at radius 3 is 2.50 bits per heavy atom. The Morgan fingerprint density at radius 2 is 1.83 bits per heavy atom. The number of ether oxygens (including phenoxy) is 1. The normalized spacial score (nSPS) is 31.1. The first-order valence-corrected chi connectivity index (χ1v) is 9.20. The second-order valence-corrected chi connectivity index (χ2v) is 7.40. The summed E-state index contributed by atoms with van der Waals surface area (Å²) in [5, 5.41) is 0. The van der Waals surface area contributed by atoms with Gasteiger partial charge in [-0.2, -0.15) is 0 Å². The van der Waals surface area contributed by atoms with Gasteiger partial charge >= 0.3 is 0 Å². The van der Waals surface area contributed by atoms with Gasteiger partial charge in [-0.25, -0.2) is 0 Å². The number of hydrogen-bond donors (Lipinski definition) is 0. The van der Waals surface area contributed by atoms with E-state index in [1.54, 1.807) is 11.8 Å². The molecule has 124 valence electrons. The minimum absolute atomic E-state index is 0.304. The minimum atomic E-state index is 0.304. The van der Waals surface area contributed by atoms with Gasteiger partial charge in [-0.05, 0) is 59.6 Å². The molecule has 2 saturated carbocycles. The van der Waals surface area contributed by atoms with Crippen LogP contribution in [0.25, 0.3) is 11.1 Å². The monoisotopic (exact) mass is 318 g/mol. The largest absolute Gasteiger partial charge is 0.498 e. The van der Waals surface area contributed by atoms with Crippen molar-refractivity contribution in [2.24, 2.45) is 11.8 Å². The van der Waals surface area contributed by atoms with Crippen molar-refractivity contribution in [1.29, 1.82) is 0 Å². The van der Waals surface area contributed by atoms with Crippen LogP contribution in [0.5, 0.6) is 0 Å². The predicted octanol–water partition coefficient (Wildman–Crippen LogP) is 5.96. The van der Waals surface area contributed by atoms with Gasteiger partial charge in [0.15, 0.2) is 0 Å². The summed E-state index contributed by atoms with van der Waals surface area (Å²) in [7, 11) is 0. The highest BCUT2D eigenvalue weighted by molar-refractivity contribution is 5.69. The van der Waals surface area contributed by atoms with Crippen molar-refractivity contribution < 1.29 is 4.74 Å². The third-order valence-corrected chi connectivity index (χ3v) is 6.49. The standard InChI is InChI=1S/C23H26O/c1-3-23(16-18-14-19(23)15-22(18)24-4-2)21-13-9-8-12-20(21)17-10-6-5-7-11-17/h4-13,18-19,22H,2-3,14-16H2,1H3. The van der Waals surface area contributed by atoms with Gasteiger partial charge in [0.05, 0.1) is 6.26 Å². The second-order valence-electron chi connectivity index (χ2n) is 7.40. The van der Waals surface area contributed by atoms with Crippen LogP contribution in [-0.4, -0.2) is 6.10 Å². The first-order valence-electron chi connectivity index (χ1n) is 9.20. The van der Waals surface area contributed by atoms with Crippen LogP contribution >= 0.6 is 0 Å². The Kier molecular flexibility index (Phi) is 3.96. The Balaban J connectivity index is 1.75. The molecule has 2 aliphatic rings. The average molecular weight is 318 g/mol. The molecule has 1 nitrogen and oxygen atoms in total. The molecule has 2 aromatic carbocycles. The van der Waals surface area contributed by atoms with Gasteiger partial charge in [0, 0.05) is 0 Å². The van der Waals surface area contributed by atoms with Gasteiger partial charge in [-0.1, -0.05) is 68.1 Å². The number of hydrogen-bond acceptors (Lipinski definition) is 1. The summed E-state index contributed by atoms with van der Waals surface area (Å²) in [6, 6.07) is 19.9. The maximum atomic E-state index is 5.79.